The summed E-state index contributed by atoms with van der Waals surface area (Å²) < 4.78 is 43.3. The minimum Gasteiger partial charge on any atom is -0.493 e. The van der Waals surface area contributed by atoms with Gasteiger partial charge in [-0.3, -0.25) is 0 Å². The van der Waals surface area contributed by atoms with E-state index in [1.807, 2.05) is 50.4 Å². The van der Waals surface area contributed by atoms with Crippen molar-refractivity contribution in [2.24, 2.45) is 0 Å². The average molecular weight is 517 g/mol. The van der Waals surface area contributed by atoms with Crippen LogP contribution in [0.5, 0.6) is 17.2 Å². The molecule has 1 saturated heterocycles. The van der Waals surface area contributed by atoms with Gasteiger partial charge in [-0.2, -0.15) is 0 Å². The van der Waals surface area contributed by atoms with Crippen molar-refractivity contribution in [2.75, 3.05) is 39.3 Å². The zero-order chi connectivity index (χ0) is 25.3. The standard InChI is InChI=1S/C26H32N2O5S2/c1-16-11-17(2)25(18(3)12-16)35(29,30)20-7-9-28(10-8-20)26-27-21(15-34-26)19-13-22(31-4)24(33-6)23(14-19)32-5/h11-15,20H,7-10H2,1-6H3. The average Bonchev–Trinajstić information content (AvgIpc) is 3.32. The number of ether oxygens (including phenoxy) is 3. The van der Waals surface area contributed by atoms with Crippen LogP contribution in [0.1, 0.15) is 29.5 Å². The Kier molecular flexibility index (Phi) is 7.28. The topological polar surface area (TPSA) is 78.0 Å². The smallest absolute Gasteiger partial charge is 0.203 e. The van der Waals surface area contributed by atoms with E-state index in [0.717, 1.165) is 33.1 Å². The van der Waals surface area contributed by atoms with Crippen molar-refractivity contribution >= 4 is 26.3 Å². The molecule has 1 aromatic heterocycles. The summed E-state index contributed by atoms with van der Waals surface area (Å²) in [6.45, 7) is 7.08. The fraction of sp³-hybridized carbons (Fsp3) is 0.423. The summed E-state index contributed by atoms with van der Waals surface area (Å²) in [4.78, 5) is 7.51. The van der Waals surface area contributed by atoms with E-state index in [0.29, 0.717) is 48.1 Å². The van der Waals surface area contributed by atoms with Crippen molar-refractivity contribution in [2.45, 2.75) is 43.8 Å². The van der Waals surface area contributed by atoms with Crippen LogP contribution in [0.15, 0.2) is 34.5 Å². The first-order valence-corrected chi connectivity index (χ1v) is 13.9. The molecule has 1 aliphatic rings. The normalized spacial score (nSPS) is 14.7. The van der Waals surface area contributed by atoms with Gasteiger partial charge < -0.3 is 19.1 Å². The Morgan fingerprint density at radius 1 is 0.914 bits per heavy atom. The van der Waals surface area contributed by atoms with Gasteiger partial charge in [0.15, 0.2) is 26.5 Å². The maximum atomic E-state index is 13.5. The molecule has 0 radical (unpaired) electrons. The van der Waals surface area contributed by atoms with E-state index in [9.17, 15) is 8.42 Å². The number of thiazole rings is 1. The van der Waals surface area contributed by atoms with E-state index in [2.05, 4.69) is 4.90 Å². The molecule has 0 atom stereocenters. The number of aromatic nitrogens is 1. The molecule has 4 rings (SSSR count). The van der Waals surface area contributed by atoms with E-state index in [1.165, 1.54) is 0 Å². The molecule has 0 spiro atoms. The van der Waals surface area contributed by atoms with E-state index in [-0.39, 0.29) is 5.25 Å². The summed E-state index contributed by atoms with van der Waals surface area (Å²) in [5.74, 6) is 1.68. The highest BCUT2D eigenvalue weighted by Gasteiger charge is 2.34. The second-order valence-electron chi connectivity index (χ2n) is 8.89. The summed E-state index contributed by atoms with van der Waals surface area (Å²) in [5, 5.41) is 2.50. The fourth-order valence-electron chi connectivity index (χ4n) is 4.91. The van der Waals surface area contributed by atoms with Crippen molar-refractivity contribution < 1.29 is 22.6 Å². The number of anilines is 1. The van der Waals surface area contributed by atoms with Gasteiger partial charge in [0.1, 0.15) is 0 Å². The quantitative estimate of drug-likeness (QED) is 0.427. The fourth-order valence-corrected chi connectivity index (χ4v) is 7.98. The highest BCUT2D eigenvalue weighted by molar-refractivity contribution is 7.92. The van der Waals surface area contributed by atoms with Crippen LogP contribution in [0.3, 0.4) is 0 Å². The second-order valence-corrected chi connectivity index (χ2v) is 11.9. The number of sulfone groups is 1. The van der Waals surface area contributed by atoms with Gasteiger partial charge >= 0.3 is 0 Å². The van der Waals surface area contributed by atoms with Crippen LogP contribution >= 0.6 is 11.3 Å². The molecule has 35 heavy (non-hydrogen) atoms. The van der Waals surface area contributed by atoms with Crippen LogP contribution in [0, 0.1) is 20.8 Å². The molecule has 0 N–H and O–H groups in total. The van der Waals surface area contributed by atoms with Crippen LogP contribution in [0.2, 0.25) is 0 Å². The third-order valence-corrected chi connectivity index (χ3v) is 9.96. The van der Waals surface area contributed by atoms with E-state index >= 15 is 0 Å². The van der Waals surface area contributed by atoms with Gasteiger partial charge in [-0.15, -0.1) is 11.3 Å². The van der Waals surface area contributed by atoms with Crippen molar-refractivity contribution in [1.82, 2.24) is 4.98 Å². The summed E-state index contributed by atoms with van der Waals surface area (Å²) in [5.41, 5.74) is 4.43. The molecule has 7 nitrogen and oxygen atoms in total. The first kappa shape index (κ1) is 25.3. The number of piperidine rings is 1. The predicted octanol–water partition coefficient (Wildman–Crippen LogP) is 5.20. The van der Waals surface area contributed by atoms with Gasteiger partial charge in [0.25, 0.3) is 0 Å². The predicted molar refractivity (Wildman–Crippen MR) is 140 cm³/mol. The summed E-state index contributed by atoms with van der Waals surface area (Å²) in [6, 6.07) is 7.67. The van der Waals surface area contributed by atoms with Crippen molar-refractivity contribution in [3.63, 3.8) is 0 Å². The van der Waals surface area contributed by atoms with Crippen LogP contribution in [0.4, 0.5) is 5.13 Å². The van der Waals surface area contributed by atoms with Crippen LogP contribution in [-0.4, -0.2) is 53.1 Å². The van der Waals surface area contributed by atoms with Crippen LogP contribution < -0.4 is 19.1 Å². The molecule has 0 aliphatic carbocycles. The molecule has 3 aromatic rings. The highest BCUT2D eigenvalue weighted by Crippen LogP contribution is 2.42. The van der Waals surface area contributed by atoms with Crippen molar-refractivity contribution in [3.05, 3.63) is 46.3 Å². The molecule has 2 heterocycles. The summed E-state index contributed by atoms with van der Waals surface area (Å²) in [7, 11) is 1.36. The molecule has 0 bridgehead atoms. The van der Waals surface area contributed by atoms with Gasteiger partial charge in [-0.1, -0.05) is 17.7 Å². The maximum absolute atomic E-state index is 13.5. The van der Waals surface area contributed by atoms with Crippen molar-refractivity contribution in [1.29, 1.82) is 0 Å². The van der Waals surface area contributed by atoms with E-state index in [1.54, 1.807) is 32.7 Å². The maximum Gasteiger partial charge on any atom is 0.203 e. The molecule has 0 unspecified atom stereocenters. The lowest BCUT2D eigenvalue weighted by atomic mass is 10.1. The molecular weight excluding hydrogens is 484 g/mol. The van der Waals surface area contributed by atoms with Crippen molar-refractivity contribution in [3.8, 4) is 28.5 Å². The van der Waals surface area contributed by atoms with E-state index < -0.39 is 9.84 Å². The SMILES string of the molecule is COc1cc(-c2csc(N3CCC(S(=O)(=O)c4c(C)cc(C)cc4C)CC3)n2)cc(OC)c1OC. The highest BCUT2D eigenvalue weighted by atomic mass is 32.2. The Morgan fingerprint density at radius 2 is 1.49 bits per heavy atom. The lowest BCUT2D eigenvalue weighted by molar-refractivity contribution is 0.324. The Hall–Kier alpha value is -2.78. The Labute approximate surface area is 211 Å². The third kappa shape index (κ3) is 4.84. The second kappa shape index (κ2) is 10.1. The Balaban J connectivity index is 1.52. The first-order valence-electron chi connectivity index (χ1n) is 11.5. The molecule has 0 saturated carbocycles. The van der Waals surface area contributed by atoms with Gasteiger partial charge in [0, 0.05) is 24.0 Å². The number of hydrogen-bond donors (Lipinski definition) is 0. The number of benzene rings is 2. The molecule has 188 valence electrons. The van der Waals surface area contributed by atoms with Gasteiger partial charge in [0.05, 0.1) is 37.2 Å². The summed E-state index contributed by atoms with van der Waals surface area (Å²) in [6.07, 6.45) is 1.16. The monoisotopic (exact) mass is 516 g/mol. The largest absolute Gasteiger partial charge is 0.493 e. The minimum absolute atomic E-state index is 0.381. The zero-order valence-electron chi connectivity index (χ0n) is 21.0. The number of aryl methyl sites for hydroxylation is 3. The zero-order valence-corrected chi connectivity index (χ0v) is 22.7. The summed E-state index contributed by atoms with van der Waals surface area (Å²) >= 11 is 1.55. The number of hydrogen-bond acceptors (Lipinski definition) is 8. The molecule has 1 fully saturated rings. The molecule has 2 aromatic carbocycles. The Morgan fingerprint density at radius 3 is 2.00 bits per heavy atom. The Bertz CT molecular complexity index is 1280. The lowest BCUT2D eigenvalue weighted by Gasteiger charge is -2.32. The third-order valence-electron chi connectivity index (χ3n) is 6.49. The van der Waals surface area contributed by atoms with Crippen LogP contribution in [-0.2, 0) is 9.84 Å². The van der Waals surface area contributed by atoms with Gasteiger partial charge in [0.2, 0.25) is 5.75 Å². The van der Waals surface area contributed by atoms with Gasteiger partial charge in [-0.25, -0.2) is 13.4 Å². The molecular formula is C26H32N2O5S2. The number of methoxy groups -OCH3 is 3. The van der Waals surface area contributed by atoms with Gasteiger partial charge in [-0.05, 0) is 56.9 Å². The molecule has 1 aliphatic heterocycles. The lowest BCUT2D eigenvalue weighted by Crippen LogP contribution is -2.39. The van der Waals surface area contributed by atoms with Crippen LogP contribution in [0.25, 0.3) is 11.3 Å². The number of nitrogens with zero attached hydrogens (tertiary/aromatic N) is 2. The minimum atomic E-state index is -3.39. The first-order chi connectivity index (χ1) is 16.7. The van der Waals surface area contributed by atoms with E-state index in [4.69, 9.17) is 19.2 Å². The molecule has 0 amide bonds. The number of rotatable bonds is 7. The molecule has 9 heteroatoms.